The molecule has 4 heterocycles. The van der Waals surface area contributed by atoms with Gasteiger partial charge in [-0.15, -0.1) is 0 Å². The Morgan fingerprint density at radius 3 is 2.88 bits per heavy atom. The minimum Gasteiger partial charge on any atom is -0.378 e. The van der Waals surface area contributed by atoms with Gasteiger partial charge in [0.05, 0.1) is 24.7 Å². The first kappa shape index (κ1) is 16.4. The lowest BCUT2D eigenvalue weighted by molar-refractivity contribution is 0.122. The fourth-order valence-electron chi connectivity index (χ4n) is 2.70. The molecule has 130 valence electrons. The van der Waals surface area contributed by atoms with E-state index in [0.717, 1.165) is 53.4 Å². The highest BCUT2D eigenvalue weighted by atomic mass is 32.1. The number of pyridine rings is 2. The fourth-order valence-corrected chi connectivity index (χ4v) is 3.51. The van der Waals surface area contributed by atoms with E-state index in [1.165, 1.54) is 11.3 Å². The van der Waals surface area contributed by atoms with E-state index in [1.54, 1.807) is 24.8 Å². The maximum atomic E-state index is 7.10. The number of nitrogens with zero attached hydrogens (tertiary/aromatic N) is 5. The normalized spacial score (nSPS) is 14.0. The minimum absolute atomic E-state index is 0.519. The summed E-state index contributed by atoms with van der Waals surface area (Å²) >= 11 is 1.50. The lowest BCUT2D eigenvalue weighted by Crippen LogP contribution is -2.36. The number of anilines is 3. The lowest BCUT2D eigenvalue weighted by Gasteiger charge is -2.28. The molecule has 0 atom stereocenters. The van der Waals surface area contributed by atoms with Crippen molar-refractivity contribution in [1.82, 2.24) is 15.0 Å². The number of nitrogens with one attached hydrogen (secondary N) is 1. The van der Waals surface area contributed by atoms with Gasteiger partial charge in [-0.3, -0.25) is 4.98 Å². The second kappa shape index (κ2) is 7.47. The fraction of sp³-hybridized carbons (Fsp3) is 0.222. The molecule has 0 unspecified atom stereocenters. The summed E-state index contributed by atoms with van der Waals surface area (Å²) in [5.74, 6) is 0.753. The molecule has 1 aliphatic heterocycles. The van der Waals surface area contributed by atoms with Gasteiger partial charge < -0.3 is 15.0 Å². The van der Waals surface area contributed by atoms with Crippen molar-refractivity contribution in [1.29, 1.82) is 0 Å². The van der Waals surface area contributed by atoms with Crippen LogP contribution in [0.2, 0.25) is 0 Å². The van der Waals surface area contributed by atoms with Gasteiger partial charge in [-0.05, 0) is 12.1 Å². The molecule has 4 rings (SSSR count). The number of morpholine rings is 1. The Morgan fingerprint density at radius 1 is 1.15 bits per heavy atom. The van der Waals surface area contributed by atoms with Crippen molar-refractivity contribution in [2.45, 2.75) is 0 Å². The number of ether oxygens (including phenoxy) is 1. The van der Waals surface area contributed by atoms with Crippen LogP contribution in [0.3, 0.4) is 0 Å². The quantitative estimate of drug-likeness (QED) is 0.712. The Morgan fingerprint density at radius 2 is 2.04 bits per heavy atom. The van der Waals surface area contributed by atoms with Gasteiger partial charge in [-0.2, -0.15) is 0 Å². The zero-order valence-electron chi connectivity index (χ0n) is 13.9. The number of thiazole rings is 1. The third-order valence-corrected chi connectivity index (χ3v) is 4.96. The second-order valence-corrected chi connectivity index (χ2v) is 6.73. The highest BCUT2D eigenvalue weighted by Crippen LogP contribution is 2.32. The van der Waals surface area contributed by atoms with Crippen LogP contribution in [-0.2, 0) is 4.74 Å². The van der Waals surface area contributed by atoms with Crippen LogP contribution in [0, 0.1) is 6.57 Å². The second-order valence-electron chi connectivity index (χ2n) is 5.70. The Hall–Kier alpha value is -3.02. The molecule has 0 amide bonds. The van der Waals surface area contributed by atoms with Gasteiger partial charge in [0.2, 0.25) is 5.69 Å². The van der Waals surface area contributed by atoms with Gasteiger partial charge in [0.15, 0.2) is 5.13 Å². The zero-order valence-corrected chi connectivity index (χ0v) is 14.7. The SMILES string of the molecule is [C-]#[N+]c1cncc(-c2cnc(Nc3cc(N4CCOCC4)ccn3)s2)c1. The molecule has 0 radical (unpaired) electrons. The molecule has 26 heavy (non-hydrogen) atoms. The molecular formula is C18H16N6OS. The molecule has 1 aliphatic rings. The summed E-state index contributed by atoms with van der Waals surface area (Å²) in [4.78, 5) is 19.6. The summed E-state index contributed by atoms with van der Waals surface area (Å²) in [6.45, 7) is 10.4. The summed E-state index contributed by atoms with van der Waals surface area (Å²) in [5, 5.41) is 4.01. The average Bonchev–Trinajstić information content (AvgIpc) is 3.17. The van der Waals surface area contributed by atoms with E-state index >= 15 is 0 Å². The topological polar surface area (TPSA) is 67.5 Å². The molecule has 0 saturated carbocycles. The van der Waals surface area contributed by atoms with Crippen LogP contribution in [0.15, 0.2) is 43.0 Å². The predicted molar refractivity (Wildman–Crippen MR) is 102 cm³/mol. The monoisotopic (exact) mass is 364 g/mol. The van der Waals surface area contributed by atoms with Crippen LogP contribution in [0.5, 0.6) is 0 Å². The van der Waals surface area contributed by atoms with Gasteiger partial charge in [-0.1, -0.05) is 11.3 Å². The van der Waals surface area contributed by atoms with E-state index in [9.17, 15) is 0 Å². The number of hydrogen-bond acceptors (Lipinski definition) is 7. The predicted octanol–water partition coefficient (Wildman–Crippen LogP) is 3.73. The Labute approximate surface area is 155 Å². The zero-order chi connectivity index (χ0) is 17.8. The van der Waals surface area contributed by atoms with Crippen molar-refractivity contribution in [3.8, 4) is 10.4 Å². The van der Waals surface area contributed by atoms with Gasteiger partial charge in [0, 0.05) is 55.2 Å². The molecule has 0 aromatic carbocycles. The first-order chi connectivity index (χ1) is 12.8. The smallest absolute Gasteiger partial charge is 0.205 e. The molecule has 1 saturated heterocycles. The van der Waals surface area contributed by atoms with E-state index in [0.29, 0.717) is 5.69 Å². The maximum absolute atomic E-state index is 7.10. The van der Waals surface area contributed by atoms with Crippen molar-refractivity contribution in [2.24, 2.45) is 0 Å². The van der Waals surface area contributed by atoms with Gasteiger partial charge >= 0.3 is 0 Å². The molecule has 0 bridgehead atoms. The summed E-state index contributed by atoms with van der Waals surface area (Å²) < 4.78 is 5.40. The highest BCUT2D eigenvalue weighted by Gasteiger charge is 2.12. The Kier molecular flexibility index (Phi) is 4.73. The molecule has 7 nitrogen and oxygen atoms in total. The van der Waals surface area contributed by atoms with Gasteiger partial charge in [0.25, 0.3) is 0 Å². The van der Waals surface area contributed by atoms with Crippen LogP contribution in [0.1, 0.15) is 0 Å². The van der Waals surface area contributed by atoms with Crippen molar-refractivity contribution < 1.29 is 4.74 Å². The molecular weight excluding hydrogens is 348 g/mol. The number of hydrogen-bond donors (Lipinski definition) is 1. The summed E-state index contributed by atoms with van der Waals surface area (Å²) in [6, 6.07) is 5.84. The maximum Gasteiger partial charge on any atom is 0.205 e. The summed E-state index contributed by atoms with van der Waals surface area (Å²) in [7, 11) is 0. The van der Waals surface area contributed by atoms with Crippen LogP contribution in [-0.4, -0.2) is 41.3 Å². The van der Waals surface area contributed by atoms with Crippen molar-refractivity contribution in [3.05, 3.63) is 54.4 Å². The van der Waals surface area contributed by atoms with E-state index in [4.69, 9.17) is 11.3 Å². The average molecular weight is 364 g/mol. The largest absolute Gasteiger partial charge is 0.378 e. The van der Waals surface area contributed by atoms with E-state index in [1.807, 2.05) is 18.2 Å². The third kappa shape index (κ3) is 3.64. The van der Waals surface area contributed by atoms with Crippen LogP contribution >= 0.6 is 11.3 Å². The number of aromatic nitrogens is 3. The molecule has 1 N–H and O–H groups in total. The molecule has 1 fully saturated rings. The Bertz CT molecular complexity index is 945. The summed E-state index contributed by atoms with van der Waals surface area (Å²) in [5.41, 5.74) is 2.53. The van der Waals surface area contributed by atoms with Gasteiger partial charge in [-0.25, -0.2) is 14.8 Å². The van der Waals surface area contributed by atoms with Crippen molar-refractivity contribution >= 4 is 33.7 Å². The van der Waals surface area contributed by atoms with Crippen LogP contribution in [0.4, 0.5) is 22.3 Å². The molecule has 3 aromatic rings. The van der Waals surface area contributed by atoms with E-state index < -0.39 is 0 Å². The lowest BCUT2D eigenvalue weighted by atomic mass is 10.2. The molecule has 3 aromatic heterocycles. The minimum atomic E-state index is 0.519. The summed E-state index contributed by atoms with van der Waals surface area (Å²) in [6.07, 6.45) is 6.87. The van der Waals surface area contributed by atoms with E-state index in [2.05, 4.69) is 30.0 Å². The van der Waals surface area contributed by atoms with Crippen LogP contribution in [0.25, 0.3) is 15.3 Å². The first-order valence-electron chi connectivity index (χ1n) is 8.16. The van der Waals surface area contributed by atoms with Gasteiger partial charge in [0.1, 0.15) is 5.82 Å². The standard InChI is InChI=1S/C18H16N6OS/c1-19-14-8-13(10-20-11-14)16-12-22-18(26-16)23-17-9-15(2-3-21-17)24-4-6-25-7-5-24/h2-3,8-12H,4-7H2,(H,21,22,23). The van der Waals surface area contributed by atoms with Crippen LogP contribution < -0.4 is 10.2 Å². The molecule has 0 aliphatic carbocycles. The van der Waals surface area contributed by atoms with E-state index in [-0.39, 0.29) is 0 Å². The highest BCUT2D eigenvalue weighted by molar-refractivity contribution is 7.18. The van der Waals surface area contributed by atoms with Crippen molar-refractivity contribution in [3.63, 3.8) is 0 Å². The van der Waals surface area contributed by atoms with Crippen molar-refractivity contribution in [2.75, 3.05) is 36.5 Å². The Balaban J connectivity index is 1.51. The first-order valence-corrected chi connectivity index (χ1v) is 8.98. The molecule has 0 spiro atoms. The molecule has 8 heteroatoms. The third-order valence-electron chi connectivity index (χ3n) is 4.00. The number of rotatable bonds is 4.